The predicted octanol–water partition coefficient (Wildman–Crippen LogP) is 6.80. The van der Waals surface area contributed by atoms with Gasteiger partial charge in [0.05, 0.1) is 22.5 Å². The van der Waals surface area contributed by atoms with Crippen molar-refractivity contribution in [2.24, 2.45) is 23.7 Å². The number of nitrogens with one attached hydrogen (secondary N) is 1. The molecule has 4 aromatic rings. The molecule has 55 heavy (non-hydrogen) atoms. The van der Waals surface area contributed by atoms with Gasteiger partial charge in [0, 0.05) is 38.6 Å². The minimum atomic E-state index is -0.547. The summed E-state index contributed by atoms with van der Waals surface area (Å²) in [5.41, 5.74) is 3.30. The number of carbonyl (C=O) groups excluding carboxylic acids is 2. The molecule has 2 amide bonds. The first-order chi connectivity index (χ1) is 26.7. The van der Waals surface area contributed by atoms with Crippen LogP contribution in [0.1, 0.15) is 64.2 Å². The Hall–Kier alpha value is -4.42. The van der Waals surface area contributed by atoms with E-state index in [2.05, 4.69) is 5.32 Å². The van der Waals surface area contributed by atoms with Crippen LogP contribution in [0, 0.1) is 23.7 Å². The number of carbonyl (C=O) groups is 2. The molecule has 2 fully saturated rings. The van der Waals surface area contributed by atoms with Gasteiger partial charge in [0.25, 0.3) is 22.9 Å². The third kappa shape index (κ3) is 6.02. The van der Waals surface area contributed by atoms with Gasteiger partial charge in [0.2, 0.25) is 0 Å². The van der Waals surface area contributed by atoms with E-state index in [1.807, 2.05) is 32.5 Å². The number of hydrogen-bond donors (Lipinski definition) is 1. The Kier molecular flexibility index (Phi) is 8.69. The number of fused-ring (bicyclic) bond motifs is 4. The zero-order chi connectivity index (χ0) is 37.5. The summed E-state index contributed by atoms with van der Waals surface area (Å²) < 4.78 is 19.4. The van der Waals surface area contributed by atoms with Gasteiger partial charge in [-0.25, -0.2) is 9.36 Å². The van der Waals surface area contributed by atoms with E-state index in [0.717, 1.165) is 75.6 Å². The normalized spacial score (nSPS) is 24.6. The molecule has 2 aromatic heterocycles. The van der Waals surface area contributed by atoms with Crippen LogP contribution in [0.3, 0.4) is 0 Å². The van der Waals surface area contributed by atoms with Crippen LogP contribution >= 0.6 is 23.2 Å². The van der Waals surface area contributed by atoms with Gasteiger partial charge in [-0.15, -0.1) is 0 Å². The van der Waals surface area contributed by atoms with Gasteiger partial charge in [-0.2, -0.15) is 0 Å². The molecule has 14 heteroatoms. The molecular weight excluding hydrogens is 743 g/mol. The Morgan fingerprint density at radius 2 is 1.36 bits per heavy atom. The van der Waals surface area contributed by atoms with Crippen molar-refractivity contribution < 1.29 is 19.1 Å². The third-order valence-electron chi connectivity index (χ3n) is 13.0. The van der Waals surface area contributed by atoms with Crippen LogP contribution in [-0.2, 0) is 35.8 Å². The molecule has 0 bridgehead atoms. The first-order valence-electron chi connectivity index (χ1n) is 19.9. The van der Waals surface area contributed by atoms with E-state index in [1.54, 1.807) is 27.6 Å². The first kappa shape index (κ1) is 35.0. The maximum Gasteiger partial charge on any atom is 0.276 e. The van der Waals surface area contributed by atoms with Crippen LogP contribution in [0.4, 0.5) is 11.4 Å². The number of aromatic nitrogens is 4. The third-order valence-corrected chi connectivity index (χ3v) is 13.7. The Morgan fingerprint density at radius 3 is 2.09 bits per heavy atom. The van der Waals surface area contributed by atoms with Crippen molar-refractivity contribution in [3.8, 4) is 33.8 Å². The number of nitrogens with zero attached hydrogens (tertiary/aromatic N) is 5. The minimum Gasteiger partial charge on any atom is -0.482 e. The molecule has 288 valence electrons. The van der Waals surface area contributed by atoms with Crippen LogP contribution in [0.5, 0.6) is 11.5 Å². The number of halogens is 2. The molecule has 12 nitrogen and oxygen atoms in total. The second kappa shape index (κ2) is 13.7. The molecule has 0 saturated heterocycles. The topological polar surface area (TPSA) is 122 Å². The number of anilines is 2. The average Bonchev–Trinajstić information content (AvgIpc) is 3.92. The quantitative estimate of drug-likeness (QED) is 0.220. The summed E-state index contributed by atoms with van der Waals surface area (Å²) in [7, 11) is 0. The summed E-state index contributed by atoms with van der Waals surface area (Å²) in [6, 6.07) is 11.1. The number of hydrogen-bond acceptors (Lipinski definition) is 6. The fraction of sp³-hybridized carbons (Fsp3) is 0.512. The van der Waals surface area contributed by atoms with E-state index in [-0.39, 0.29) is 35.5 Å². The molecule has 0 spiro atoms. The van der Waals surface area contributed by atoms with Crippen molar-refractivity contribution in [1.82, 2.24) is 18.7 Å². The van der Waals surface area contributed by atoms with E-state index in [1.165, 1.54) is 6.42 Å². The fourth-order valence-electron chi connectivity index (χ4n) is 9.60. The lowest BCUT2D eigenvalue weighted by Gasteiger charge is -2.39. The number of benzene rings is 2. The smallest absolute Gasteiger partial charge is 0.276 e. The van der Waals surface area contributed by atoms with E-state index in [0.29, 0.717) is 88.1 Å². The highest BCUT2D eigenvalue weighted by Gasteiger charge is 2.51. The Morgan fingerprint density at radius 1 is 0.709 bits per heavy atom. The van der Waals surface area contributed by atoms with Gasteiger partial charge in [0.15, 0.2) is 12.7 Å². The van der Waals surface area contributed by atoms with E-state index in [9.17, 15) is 19.2 Å². The molecule has 2 saturated carbocycles. The second-order valence-corrected chi connectivity index (χ2v) is 17.1. The molecule has 0 radical (unpaired) electrons. The SMILES string of the molecule is O=C1COc2ccc(-c3c(Cl)n4n(c3=O)CCC(CC3C[C@@H]3C3Oc5ccc(-c6c(Cl)n7n(c6=O)CCCCC7)cc5N(CC5CCC5)C3=O)CC4)cc2N1. The van der Waals surface area contributed by atoms with Crippen LogP contribution < -0.4 is 30.8 Å². The molecule has 4 atom stereocenters. The molecule has 6 heterocycles. The molecule has 4 aliphatic heterocycles. The lowest BCUT2D eigenvalue weighted by molar-refractivity contribution is -0.127. The molecular formula is C41H44Cl2N6O6. The highest BCUT2D eigenvalue weighted by atomic mass is 35.5. The summed E-state index contributed by atoms with van der Waals surface area (Å²) in [5.74, 6) is 2.33. The average molecular weight is 788 g/mol. The molecule has 2 aliphatic carbocycles. The van der Waals surface area contributed by atoms with Crippen molar-refractivity contribution in [3.05, 3.63) is 67.4 Å². The van der Waals surface area contributed by atoms with Gasteiger partial charge in [-0.05, 0) is 111 Å². The number of rotatable bonds is 7. The summed E-state index contributed by atoms with van der Waals surface area (Å²) in [6.07, 6.45) is 9.44. The standard InChI is InChI=1S/C41H44Cl2N6O6/c42-37-35(39(51)48-14-3-1-2-13-46(37)48)26-8-10-32-30(20-26)45(21-24-5-4-6-24)41(53)36(55-32)28-18-27(28)17-23-11-15-47-38(43)34(40(52)49(47)16-12-23)25-7-9-31-29(19-25)44-33(50)22-54-31/h7-10,19-20,23-24,27-28,36H,1-6,11-18,21-22H2,(H,44,50)/t23?,27?,28-,36?/m0/s1. The maximum absolute atomic E-state index is 14.4. The minimum absolute atomic E-state index is 0.00973. The summed E-state index contributed by atoms with van der Waals surface area (Å²) in [4.78, 5) is 55.6. The fourth-order valence-corrected chi connectivity index (χ4v) is 10.3. The molecule has 3 unspecified atom stereocenters. The zero-order valence-corrected chi connectivity index (χ0v) is 32.1. The molecule has 10 rings (SSSR count). The summed E-state index contributed by atoms with van der Waals surface area (Å²) in [5, 5.41) is 3.66. The Bertz CT molecular complexity index is 2350. The van der Waals surface area contributed by atoms with Crippen molar-refractivity contribution in [1.29, 1.82) is 0 Å². The molecule has 1 N–H and O–H groups in total. The van der Waals surface area contributed by atoms with Crippen molar-refractivity contribution in [2.75, 3.05) is 23.4 Å². The Labute approximate surface area is 327 Å². The largest absolute Gasteiger partial charge is 0.482 e. The van der Waals surface area contributed by atoms with Crippen molar-refractivity contribution in [3.63, 3.8) is 0 Å². The first-order valence-corrected chi connectivity index (χ1v) is 20.7. The zero-order valence-electron chi connectivity index (χ0n) is 30.6. The van der Waals surface area contributed by atoms with E-state index >= 15 is 0 Å². The number of ether oxygens (including phenoxy) is 2. The van der Waals surface area contributed by atoms with Crippen LogP contribution in [-0.4, -0.2) is 49.8 Å². The van der Waals surface area contributed by atoms with Crippen LogP contribution in [0.15, 0.2) is 46.0 Å². The van der Waals surface area contributed by atoms with Gasteiger partial charge >= 0.3 is 0 Å². The van der Waals surface area contributed by atoms with Crippen LogP contribution in [0.2, 0.25) is 10.3 Å². The maximum atomic E-state index is 14.4. The van der Waals surface area contributed by atoms with Gasteiger partial charge < -0.3 is 19.7 Å². The highest BCUT2D eigenvalue weighted by molar-refractivity contribution is 6.32. The summed E-state index contributed by atoms with van der Waals surface area (Å²) in [6.45, 7) is 3.15. The monoisotopic (exact) mass is 786 g/mol. The van der Waals surface area contributed by atoms with Gasteiger partial charge in [0.1, 0.15) is 21.8 Å². The number of amides is 2. The predicted molar refractivity (Wildman–Crippen MR) is 209 cm³/mol. The second-order valence-electron chi connectivity index (χ2n) is 16.3. The lowest BCUT2D eigenvalue weighted by atomic mass is 9.84. The van der Waals surface area contributed by atoms with Crippen molar-refractivity contribution in [2.45, 2.75) is 96.5 Å². The van der Waals surface area contributed by atoms with Gasteiger partial charge in [-0.3, -0.25) is 28.5 Å². The molecule has 6 aliphatic rings. The van der Waals surface area contributed by atoms with E-state index < -0.39 is 6.10 Å². The van der Waals surface area contributed by atoms with E-state index in [4.69, 9.17) is 32.7 Å². The van der Waals surface area contributed by atoms with Crippen LogP contribution in [0.25, 0.3) is 22.3 Å². The van der Waals surface area contributed by atoms with Crippen molar-refractivity contribution >= 4 is 46.4 Å². The summed E-state index contributed by atoms with van der Waals surface area (Å²) >= 11 is 13.8. The lowest BCUT2D eigenvalue weighted by Crippen LogP contribution is -2.49. The highest BCUT2D eigenvalue weighted by Crippen LogP contribution is 2.51. The Balaban J connectivity index is 0.848. The molecule has 2 aromatic carbocycles. The van der Waals surface area contributed by atoms with Gasteiger partial charge in [-0.1, -0.05) is 41.8 Å².